The first-order valence-corrected chi connectivity index (χ1v) is 8.20. The zero-order valence-corrected chi connectivity index (χ0v) is 14.3. The zero-order valence-electron chi connectivity index (χ0n) is 14.3. The molecule has 0 spiro atoms. The summed E-state index contributed by atoms with van der Waals surface area (Å²) in [5, 5.41) is 6.64. The van der Waals surface area contributed by atoms with Crippen LogP contribution < -0.4 is 5.32 Å². The normalized spacial score (nSPS) is 20.8. The third-order valence-electron chi connectivity index (χ3n) is 4.22. The summed E-state index contributed by atoms with van der Waals surface area (Å²) < 4.78 is 24.0. The minimum atomic E-state index is -0.919. The first-order valence-electron chi connectivity index (χ1n) is 8.20. The summed E-state index contributed by atoms with van der Waals surface area (Å²) in [7, 11) is 1.69. The summed E-state index contributed by atoms with van der Waals surface area (Å²) in [5.74, 6) is 1.69. The van der Waals surface area contributed by atoms with E-state index in [9.17, 15) is 9.18 Å². The molecule has 2 amide bonds. The van der Waals surface area contributed by atoms with Crippen molar-refractivity contribution >= 4 is 6.03 Å². The number of hydrogen-bond acceptors (Lipinski definition) is 6. The first-order chi connectivity index (χ1) is 12.0. The van der Waals surface area contributed by atoms with Gasteiger partial charge in [-0.2, -0.15) is 4.98 Å². The van der Waals surface area contributed by atoms with Gasteiger partial charge in [0, 0.05) is 33.1 Å². The summed E-state index contributed by atoms with van der Waals surface area (Å²) in [6, 6.07) is 3.24. The van der Waals surface area contributed by atoms with E-state index in [4.69, 9.17) is 8.94 Å². The molecule has 2 atom stereocenters. The van der Waals surface area contributed by atoms with Crippen molar-refractivity contribution in [2.45, 2.75) is 38.6 Å². The predicted molar refractivity (Wildman–Crippen MR) is 86.3 cm³/mol. The average molecular weight is 351 g/mol. The summed E-state index contributed by atoms with van der Waals surface area (Å²) in [4.78, 5) is 19.9. The Hall–Kier alpha value is -2.42. The van der Waals surface area contributed by atoms with Crippen LogP contribution in [0.15, 0.2) is 27.3 Å². The Morgan fingerprint density at radius 3 is 3.08 bits per heavy atom. The molecule has 2 aromatic heterocycles. The van der Waals surface area contributed by atoms with Crippen LogP contribution in [0, 0.1) is 6.92 Å². The Balaban J connectivity index is 1.52. The van der Waals surface area contributed by atoms with Gasteiger partial charge in [0.15, 0.2) is 5.82 Å². The molecule has 0 radical (unpaired) electrons. The molecule has 1 N–H and O–H groups in total. The number of urea groups is 1. The molecule has 0 aliphatic carbocycles. The lowest BCUT2D eigenvalue weighted by Crippen LogP contribution is -2.44. The number of likely N-dealkylation sites (N-methyl/N-ethyl adjacent to an activating group) is 1. The lowest BCUT2D eigenvalue weighted by Gasteiger charge is -2.27. The number of carbonyl (C=O) groups excluding carboxylic acids is 1. The van der Waals surface area contributed by atoms with Gasteiger partial charge in [-0.3, -0.25) is 4.90 Å². The number of carbonyl (C=O) groups is 1. The molecule has 136 valence electrons. The van der Waals surface area contributed by atoms with Crippen LogP contribution >= 0.6 is 0 Å². The number of aryl methyl sites for hydroxylation is 1. The molecule has 0 aromatic carbocycles. The molecule has 1 aliphatic heterocycles. The highest BCUT2D eigenvalue weighted by Gasteiger charge is 2.34. The monoisotopic (exact) mass is 351 g/mol. The number of halogens is 1. The van der Waals surface area contributed by atoms with Crippen molar-refractivity contribution in [1.29, 1.82) is 0 Å². The molecule has 3 heterocycles. The minimum Gasteiger partial charge on any atom is -0.467 e. The highest BCUT2D eigenvalue weighted by atomic mass is 19.1. The molecular weight excluding hydrogens is 329 g/mol. The molecule has 3 rings (SSSR count). The van der Waals surface area contributed by atoms with E-state index in [2.05, 4.69) is 15.5 Å². The smallest absolute Gasteiger partial charge is 0.317 e. The van der Waals surface area contributed by atoms with Crippen molar-refractivity contribution in [2.24, 2.45) is 0 Å². The third kappa shape index (κ3) is 4.56. The molecule has 1 fully saturated rings. The van der Waals surface area contributed by atoms with Gasteiger partial charge in [0.2, 0.25) is 5.89 Å². The number of nitrogens with zero attached hydrogens (tertiary/aromatic N) is 4. The average Bonchev–Trinajstić information content (AvgIpc) is 3.29. The van der Waals surface area contributed by atoms with E-state index in [0.29, 0.717) is 50.1 Å². The summed E-state index contributed by atoms with van der Waals surface area (Å²) in [6.45, 7) is 3.16. The number of hydrogen-bond donors (Lipinski definition) is 1. The van der Waals surface area contributed by atoms with Crippen molar-refractivity contribution in [3.05, 3.63) is 35.9 Å². The van der Waals surface area contributed by atoms with Gasteiger partial charge in [0.25, 0.3) is 0 Å². The number of likely N-dealkylation sites (tertiary alicyclic amines) is 1. The van der Waals surface area contributed by atoms with E-state index in [-0.39, 0.29) is 12.1 Å². The van der Waals surface area contributed by atoms with Crippen LogP contribution in [-0.2, 0) is 13.1 Å². The number of nitrogens with one attached hydrogen (secondary N) is 1. The quantitative estimate of drug-likeness (QED) is 0.853. The number of rotatable bonds is 6. The third-order valence-corrected chi connectivity index (χ3v) is 4.22. The Kier molecular flexibility index (Phi) is 5.32. The molecule has 25 heavy (non-hydrogen) atoms. The molecule has 0 unspecified atom stereocenters. The summed E-state index contributed by atoms with van der Waals surface area (Å²) >= 11 is 0. The van der Waals surface area contributed by atoms with Crippen LogP contribution in [0.3, 0.4) is 0 Å². The molecule has 2 aromatic rings. The lowest BCUT2D eigenvalue weighted by atomic mass is 10.2. The van der Waals surface area contributed by atoms with Crippen LogP contribution in [-0.4, -0.2) is 58.3 Å². The van der Waals surface area contributed by atoms with Gasteiger partial charge in [-0.15, -0.1) is 0 Å². The lowest BCUT2D eigenvalue weighted by molar-refractivity contribution is 0.171. The molecule has 1 aliphatic rings. The minimum absolute atomic E-state index is 0.0897. The van der Waals surface area contributed by atoms with Gasteiger partial charge in [0.05, 0.1) is 19.4 Å². The first kappa shape index (κ1) is 17.4. The Bertz CT molecular complexity index is 690. The van der Waals surface area contributed by atoms with Gasteiger partial charge < -0.3 is 19.2 Å². The largest absolute Gasteiger partial charge is 0.467 e. The van der Waals surface area contributed by atoms with E-state index in [0.717, 1.165) is 0 Å². The maximum Gasteiger partial charge on any atom is 0.317 e. The van der Waals surface area contributed by atoms with Crippen LogP contribution in [0.4, 0.5) is 9.18 Å². The highest BCUT2D eigenvalue weighted by Crippen LogP contribution is 2.22. The second-order valence-corrected chi connectivity index (χ2v) is 6.26. The van der Waals surface area contributed by atoms with Crippen LogP contribution in [0.25, 0.3) is 0 Å². The van der Waals surface area contributed by atoms with Crippen LogP contribution in [0.2, 0.25) is 0 Å². The van der Waals surface area contributed by atoms with E-state index in [1.807, 2.05) is 4.90 Å². The number of alkyl halides is 1. The van der Waals surface area contributed by atoms with Gasteiger partial charge in [-0.1, -0.05) is 5.16 Å². The van der Waals surface area contributed by atoms with Crippen molar-refractivity contribution < 1.29 is 18.1 Å². The second-order valence-electron chi connectivity index (χ2n) is 6.26. The Labute approximate surface area is 145 Å². The van der Waals surface area contributed by atoms with Gasteiger partial charge in [0.1, 0.15) is 11.9 Å². The molecule has 0 bridgehead atoms. The molecular formula is C16H22FN5O3. The van der Waals surface area contributed by atoms with E-state index >= 15 is 0 Å². The van der Waals surface area contributed by atoms with E-state index < -0.39 is 6.17 Å². The fraction of sp³-hybridized carbons (Fsp3) is 0.562. The topological polar surface area (TPSA) is 87.6 Å². The summed E-state index contributed by atoms with van der Waals surface area (Å²) in [6.07, 6.45) is 1.02. The van der Waals surface area contributed by atoms with E-state index in [1.165, 1.54) is 0 Å². The molecule has 8 nitrogen and oxygen atoms in total. The van der Waals surface area contributed by atoms with Crippen LogP contribution in [0.1, 0.15) is 23.9 Å². The highest BCUT2D eigenvalue weighted by molar-refractivity contribution is 5.73. The van der Waals surface area contributed by atoms with E-state index in [1.54, 1.807) is 37.3 Å². The van der Waals surface area contributed by atoms with Crippen molar-refractivity contribution in [1.82, 2.24) is 25.3 Å². The van der Waals surface area contributed by atoms with Gasteiger partial charge in [-0.25, -0.2) is 9.18 Å². The van der Waals surface area contributed by atoms with Crippen molar-refractivity contribution in [3.63, 3.8) is 0 Å². The molecule has 9 heteroatoms. The Morgan fingerprint density at radius 1 is 1.56 bits per heavy atom. The maximum absolute atomic E-state index is 13.9. The zero-order chi connectivity index (χ0) is 17.8. The van der Waals surface area contributed by atoms with Crippen molar-refractivity contribution in [2.75, 3.05) is 20.1 Å². The van der Waals surface area contributed by atoms with Crippen molar-refractivity contribution in [3.8, 4) is 0 Å². The van der Waals surface area contributed by atoms with Gasteiger partial charge >= 0.3 is 6.03 Å². The molecule has 1 saturated heterocycles. The maximum atomic E-state index is 13.9. The fourth-order valence-electron chi connectivity index (χ4n) is 3.00. The van der Waals surface area contributed by atoms with Crippen LogP contribution in [0.5, 0.6) is 0 Å². The Morgan fingerprint density at radius 2 is 2.40 bits per heavy atom. The predicted octanol–water partition coefficient (Wildman–Crippen LogP) is 1.73. The second kappa shape index (κ2) is 7.64. The SMILES string of the molecule is Cc1nc(CN2C[C@@H](F)C[C@H]2CN(C)C(=O)NCc2ccco2)no1. The number of furan rings is 1. The van der Waals surface area contributed by atoms with Gasteiger partial charge in [-0.05, 0) is 18.6 Å². The standard InChI is InChI=1S/C16H22FN5O3/c1-11-19-15(20-25-11)10-22-8-12(17)6-13(22)9-21(2)16(23)18-7-14-4-3-5-24-14/h3-5,12-13H,6-10H2,1-2H3,(H,18,23)/t12-,13-/m0/s1. The number of amides is 2. The molecule has 0 saturated carbocycles. The number of aromatic nitrogens is 2. The summed E-state index contributed by atoms with van der Waals surface area (Å²) in [5.41, 5.74) is 0. The fourth-order valence-corrected chi connectivity index (χ4v) is 3.00.